The highest BCUT2D eigenvalue weighted by Gasteiger charge is 2.09. The van der Waals surface area contributed by atoms with Gasteiger partial charge >= 0.3 is 0 Å². The molecule has 0 radical (unpaired) electrons. The monoisotopic (exact) mass is 281 g/mol. The van der Waals surface area contributed by atoms with Crippen molar-refractivity contribution >= 4 is 0 Å². The van der Waals surface area contributed by atoms with Gasteiger partial charge in [-0.15, -0.1) is 0 Å². The van der Waals surface area contributed by atoms with Crippen molar-refractivity contribution in [3.8, 4) is 11.5 Å². The van der Waals surface area contributed by atoms with E-state index in [0.717, 1.165) is 44.0 Å². The van der Waals surface area contributed by atoms with Crippen LogP contribution < -0.4 is 14.8 Å². The van der Waals surface area contributed by atoms with E-state index < -0.39 is 0 Å². The predicted molar refractivity (Wildman–Crippen MR) is 81.8 cm³/mol. The second-order valence-corrected chi connectivity index (χ2v) is 4.82. The number of aryl methyl sites for hydroxylation is 1. The summed E-state index contributed by atoms with van der Waals surface area (Å²) in [6.07, 6.45) is 2.10. The number of hydrogen-bond donors (Lipinski definition) is 1. The molecule has 0 saturated carbocycles. The molecular formula is C16H27NO3. The number of rotatable bonds is 10. The molecule has 0 heterocycles. The third kappa shape index (κ3) is 5.80. The normalized spacial score (nSPS) is 12.2. The van der Waals surface area contributed by atoms with E-state index in [1.165, 1.54) is 5.56 Å². The van der Waals surface area contributed by atoms with Gasteiger partial charge in [-0.25, -0.2) is 0 Å². The molecular weight excluding hydrogens is 254 g/mol. The van der Waals surface area contributed by atoms with Crippen molar-refractivity contribution in [1.29, 1.82) is 0 Å². The van der Waals surface area contributed by atoms with Crippen molar-refractivity contribution in [1.82, 2.24) is 5.32 Å². The van der Waals surface area contributed by atoms with Crippen LogP contribution in [0.25, 0.3) is 0 Å². The number of hydrogen-bond acceptors (Lipinski definition) is 4. The first-order valence-corrected chi connectivity index (χ1v) is 7.24. The number of nitrogens with one attached hydrogen (secondary N) is 1. The summed E-state index contributed by atoms with van der Waals surface area (Å²) in [6, 6.07) is 6.10. The van der Waals surface area contributed by atoms with Gasteiger partial charge in [0.2, 0.25) is 0 Å². The Morgan fingerprint density at radius 1 is 1.20 bits per heavy atom. The highest BCUT2D eigenvalue weighted by Crippen LogP contribution is 2.29. The fourth-order valence-corrected chi connectivity index (χ4v) is 1.93. The van der Waals surface area contributed by atoms with Crippen LogP contribution in [0.3, 0.4) is 0 Å². The van der Waals surface area contributed by atoms with Crippen LogP contribution in [0.15, 0.2) is 18.2 Å². The lowest BCUT2D eigenvalue weighted by atomic mass is 10.1. The van der Waals surface area contributed by atoms with E-state index in [1.807, 2.05) is 12.1 Å². The first-order valence-electron chi connectivity index (χ1n) is 7.24. The predicted octanol–water partition coefficient (Wildman–Crippen LogP) is 2.65. The maximum atomic E-state index is 5.92. The third-order valence-electron chi connectivity index (χ3n) is 3.10. The molecule has 114 valence electrons. The molecule has 1 aromatic carbocycles. The van der Waals surface area contributed by atoms with Crippen LogP contribution in [0.5, 0.6) is 11.5 Å². The van der Waals surface area contributed by atoms with E-state index in [2.05, 4.69) is 25.2 Å². The molecule has 0 amide bonds. The van der Waals surface area contributed by atoms with E-state index in [1.54, 1.807) is 14.2 Å². The lowest BCUT2D eigenvalue weighted by Crippen LogP contribution is -2.30. The zero-order chi connectivity index (χ0) is 14.8. The number of benzene rings is 1. The van der Waals surface area contributed by atoms with E-state index in [9.17, 15) is 0 Å². The van der Waals surface area contributed by atoms with Gasteiger partial charge in [-0.3, -0.25) is 0 Å². The summed E-state index contributed by atoms with van der Waals surface area (Å²) in [5.74, 6) is 1.60. The summed E-state index contributed by atoms with van der Waals surface area (Å²) in [4.78, 5) is 0. The number of methoxy groups -OCH3 is 2. The molecule has 0 aliphatic rings. The fraction of sp³-hybridized carbons (Fsp3) is 0.625. The summed E-state index contributed by atoms with van der Waals surface area (Å²) >= 11 is 0. The van der Waals surface area contributed by atoms with Crippen LogP contribution in [-0.2, 0) is 11.2 Å². The molecule has 0 bridgehead atoms. The highest BCUT2D eigenvalue weighted by molar-refractivity contribution is 5.43. The Morgan fingerprint density at radius 3 is 2.65 bits per heavy atom. The Kier molecular flexibility index (Phi) is 8.07. The van der Waals surface area contributed by atoms with Gasteiger partial charge in [0.15, 0.2) is 11.5 Å². The van der Waals surface area contributed by atoms with Crippen LogP contribution in [0.2, 0.25) is 0 Å². The van der Waals surface area contributed by atoms with Gasteiger partial charge in [-0.2, -0.15) is 0 Å². The van der Waals surface area contributed by atoms with Crippen molar-refractivity contribution in [3.63, 3.8) is 0 Å². The minimum Gasteiger partial charge on any atom is -0.493 e. The molecule has 0 fully saturated rings. The van der Waals surface area contributed by atoms with Gasteiger partial charge in [0, 0.05) is 20.3 Å². The average Bonchev–Trinajstić information content (AvgIpc) is 2.47. The van der Waals surface area contributed by atoms with Gasteiger partial charge in [0.05, 0.1) is 7.11 Å². The van der Waals surface area contributed by atoms with Gasteiger partial charge in [0.25, 0.3) is 0 Å². The Hall–Kier alpha value is -1.26. The first kappa shape index (κ1) is 16.8. The summed E-state index contributed by atoms with van der Waals surface area (Å²) in [6.45, 7) is 6.71. The average molecular weight is 281 g/mol. The molecule has 1 unspecified atom stereocenters. The summed E-state index contributed by atoms with van der Waals surface area (Å²) < 4.78 is 16.3. The fourth-order valence-electron chi connectivity index (χ4n) is 1.93. The summed E-state index contributed by atoms with van der Waals surface area (Å²) in [7, 11) is 3.40. The molecule has 0 spiro atoms. The molecule has 1 aromatic rings. The molecule has 1 N–H and O–H groups in total. The van der Waals surface area contributed by atoms with Crippen molar-refractivity contribution in [3.05, 3.63) is 23.8 Å². The Labute approximate surface area is 122 Å². The smallest absolute Gasteiger partial charge is 0.161 e. The molecule has 0 aliphatic heterocycles. The van der Waals surface area contributed by atoms with E-state index >= 15 is 0 Å². The minimum atomic E-state index is 0.0962. The van der Waals surface area contributed by atoms with Gasteiger partial charge < -0.3 is 19.5 Å². The van der Waals surface area contributed by atoms with Crippen molar-refractivity contribution < 1.29 is 14.2 Å². The second kappa shape index (κ2) is 9.61. The first-order chi connectivity index (χ1) is 9.71. The maximum absolute atomic E-state index is 5.92. The summed E-state index contributed by atoms with van der Waals surface area (Å²) in [5.41, 5.74) is 1.25. The second-order valence-electron chi connectivity index (χ2n) is 4.82. The van der Waals surface area contributed by atoms with Gasteiger partial charge in [-0.1, -0.05) is 13.0 Å². The van der Waals surface area contributed by atoms with E-state index in [0.29, 0.717) is 0 Å². The Balaban J connectivity index is 2.42. The van der Waals surface area contributed by atoms with Crippen LogP contribution in [-0.4, -0.2) is 40.0 Å². The van der Waals surface area contributed by atoms with Crippen molar-refractivity contribution in [2.75, 3.05) is 33.9 Å². The van der Waals surface area contributed by atoms with E-state index in [-0.39, 0.29) is 6.10 Å². The standard InChI is InChI=1S/C16H27NO3/c1-5-14-7-8-15(16(11-14)19-4)20-13(2)12-17-9-6-10-18-3/h7-8,11,13,17H,5-6,9-10,12H2,1-4H3. The lowest BCUT2D eigenvalue weighted by Gasteiger charge is -2.18. The highest BCUT2D eigenvalue weighted by atomic mass is 16.5. The Morgan fingerprint density at radius 2 is 2.00 bits per heavy atom. The largest absolute Gasteiger partial charge is 0.493 e. The molecule has 4 heteroatoms. The SMILES string of the molecule is CCc1ccc(OC(C)CNCCCOC)c(OC)c1. The van der Waals surface area contributed by atoms with E-state index in [4.69, 9.17) is 14.2 Å². The van der Waals surface area contributed by atoms with Crippen LogP contribution in [0.1, 0.15) is 25.8 Å². The number of ether oxygens (including phenoxy) is 3. The van der Waals surface area contributed by atoms with Crippen LogP contribution in [0, 0.1) is 0 Å². The van der Waals surface area contributed by atoms with Gasteiger partial charge in [-0.05, 0) is 44.0 Å². The molecule has 0 aromatic heterocycles. The topological polar surface area (TPSA) is 39.7 Å². The zero-order valence-electron chi connectivity index (χ0n) is 13.1. The van der Waals surface area contributed by atoms with Crippen molar-refractivity contribution in [2.24, 2.45) is 0 Å². The molecule has 0 saturated heterocycles. The molecule has 1 atom stereocenters. The lowest BCUT2D eigenvalue weighted by molar-refractivity contribution is 0.186. The maximum Gasteiger partial charge on any atom is 0.161 e. The quantitative estimate of drug-likeness (QED) is 0.669. The molecule has 1 rings (SSSR count). The molecule has 0 aliphatic carbocycles. The zero-order valence-corrected chi connectivity index (χ0v) is 13.1. The Bertz CT molecular complexity index is 382. The molecule has 20 heavy (non-hydrogen) atoms. The summed E-state index contributed by atoms with van der Waals surface area (Å²) in [5, 5.41) is 3.35. The third-order valence-corrected chi connectivity index (χ3v) is 3.10. The van der Waals surface area contributed by atoms with Crippen molar-refractivity contribution in [2.45, 2.75) is 32.8 Å². The van der Waals surface area contributed by atoms with Crippen LogP contribution >= 0.6 is 0 Å². The minimum absolute atomic E-state index is 0.0962. The van der Waals surface area contributed by atoms with Gasteiger partial charge in [0.1, 0.15) is 6.10 Å². The molecule has 4 nitrogen and oxygen atoms in total. The van der Waals surface area contributed by atoms with Crippen LogP contribution in [0.4, 0.5) is 0 Å².